The van der Waals surface area contributed by atoms with Gasteiger partial charge in [-0.1, -0.05) is 36.8 Å². The van der Waals surface area contributed by atoms with Crippen molar-refractivity contribution in [2.75, 3.05) is 29.5 Å². The number of thiol groups is 1. The Bertz CT molecular complexity index is 943. The summed E-state index contributed by atoms with van der Waals surface area (Å²) < 4.78 is 0. The summed E-state index contributed by atoms with van der Waals surface area (Å²) in [6.45, 7) is 1.49. The number of para-hydroxylation sites is 1. The molecule has 1 aliphatic rings. The summed E-state index contributed by atoms with van der Waals surface area (Å²) >= 11 is 3.91. The smallest absolute Gasteiger partial charge is 0.241 e. The molecular formula is C25H32N4O3S. The van der Waals surface area contributed by atoms with Crippen molar-refractivity contribution in [1.82, 2.24) is 10.6 Å². The summed E-state index contributed by atoms with van der Waals surface area (Å²) in [7, 11) is 0. The van der Waals surface area contributed by atoms with Crippen LogP contribution in [-0.4, -0.2) is 42.6 Å². The second-order valence-electron chi connectivity index (χ2n) is 8.13. The minimum Gasteiger partial charge on any atom is -0.355 e. The van der Waals surface area contributed by atoms with E-state index >= 15 is 0 Å². The number of rotatable bonds is 11. The van der Waals surface area contributed by atoms with E-state index in [1.165, 1.54) is 0 Å². The highest BCUT2D eigenvalue weighted by Crippen LogP contribution is 2.29. The number of carbonyl (C=O) groups excluding carboxylic acids is 3. The van der Waals surface area contributed by atoms with Gasteiger partial charge in [-0.15, -0.1) is 0 Å². The third-order valence-corrected chi connectivity index (χ3v) is 5.88. The number of hydrogen-bond donors (Lipinski definition) is 5. The van der Waals surface area contributed by atoms with E-state index in [4.69, 9.17) is 0 Å². The van der Waals surface area contributed by atoms with Gasteiger partial charge in [-0.2, -0.15) is 12.6 Å². The zero-order valence-corrected chi connectivity index (χ0v) is 19.6. The monoisotopic (exact) mass is 468 g/mol. The van der Waals surface area contributed by atoms with Crippen molar-refractivity contribution in [2.45, 2.75) is 44.6 Å². The fourth-order valence-corrected chi connectivity index (χ4v) is 3.91. The molecular weight excluding hydrogens is 436 g/mol. The lowest BCUT2D eigenvalue weighted by Crippen LogP contribution is -2.35. The van der Waals surface area contributed by atoms with Crippen LogP contribution in [0, 0.1) is 0 Å². The SMILES string of the molecule is O=C(CS)NCCCCCC(=O)Nc1ccc(-c2ccccc2NC(=O)[C@@H]2CCCN2)cc1. The number of benzene rings is 2. The molecule has 3 rings (SSSR count). The minimum absolute atomic E-state index is 0.00655. The molecule has 0 aromatic heterocycles. The molecule has 1 fully saturated rings. The van der Waals surface area contributed by atoms with E-state index in [0.29, 0.717) is 13.0 Å². The molecule has 0 spiro atoms. The normalized spacial score (nSPS) is 15.1. The molecule has 7 nitrogen and oxygen atoms in total. The Labute approximate surface area is 200 Å². The molecule has 33 heavy (non-hydrogen) atoms. The Morgan fingerprint density at radius 3 is 2.45 bits per heavy atom. The van der Waals surface area contributed by atoms with Crippen LogP contribution in [0.3, 0.4) is 0 Å². The van der Waals surface area contributed by atoms with E-state index in [2.05, 4.69) is 33.9 Å². The van der Waals surface area contributed by atoms with Gasteiger partial charge in [0.05, 0.1) is 11.8 Å². The molecule has 0 unspecified atom stereocenters. The second-order valence-corrected chi connectivity index (χ2v) is 8.44. The summed E-state index contributed by atoms with van der Waals surface area (Å²) in [5, 5.41) is 12.0. The molecule has 0 bridgehead atoms. The zero-order chi connectivity index (χ0) is 23.5. The average Bonchev–Trinajstić information content (AvgIpc) is 3.37. The molecule has 2 aromatic carbocycles. The molecule has 1 atom stereocenters. The van der Waals surface area contributed by atoms with Crippen molar-refractivity contribution in [3.63, 3.8) is 0 Å². The lowest BCUT2D eigenvalue weighted by molar-refractivity contribution is -0.119. The molecule has 0 saturated carbocycles. The molecule has 1 heterocycles. The number of hydrogen-bond acceptors (Lipinski definition) is 5. The van der Waals surface area contributed by atoms with Gasteiger partial charge in [0, 0.05) is 29.9 Å². The zero-order valence-electron chi connectivity index (χ0n) is 18.7. The molecule has 0 aliphatic carbocycles. The summed E-state index contributed by atoms with van der Waals surface area (Å²) in [6, 6.07) is 15.2. The third kappa shape index (κ3) is 7.91. The van der Waals surface area contributed by atoms with Crippen molar-refractivity contribution in [1.29, 1.82) is 0 Å². The first-order valence-electron chi connectivity index (χ1n) is 11.5. The Kier molecular flexibility index (Phi) is 9.77. The lowest BCUT2D eigenvalue weighted by Gasteiger charge is -2.15. The highest BCUT2D eigenvalue weighted by Gasteiger charge is 2.22. The molecule has 1 aliphatic heterocycles. The summed E-state index contributed by atoms with van der Waals surface area (Å²) in [5.74, 6) is 0.0847. The van der Waals surface area contributed by atoms with Crippen LogP contribution in [0.1, 0.15) is 38.5 Å². The van der Waals surface area contributed by atoms with Gasteiger partial charge < -0.3 is 21.3 Å². The molecule has 4 N–H and O–H groups in total. The van der Waals surface area contributed by atoms with Crippen molar-refractivity contribution >= 4 is 41.7 Å². The average molecular weight is 469 g/mol. The van der Waals surface area contributed by atoms with Gasteiger partial charge >= 0.3 is 0 Å². The largest absolute Gasteiger partial charge is 0.355 e. The van der Waals surface area contributed by atoms with Gasteiger partial charge in [0.25, 0.3) is 0 Å². The highest BCUT2D eigenvalue weighted by atomic mass is 32.1. The number of anilines is 2. The van der Waals surface area contributed by atoms with Crippen molar-refractivity contribution in [2.24, 2.45) is 0 Å². The van der Waals surface area contributed by atoms with E-state index in [9.17, 15) is 14.4 Å². The highest BCUT2D eigenvalue weighted by molar-refractivity contribution is 7.81. The first-order valence-corrected chi connectivity index (χ1v) is 12.1. The molecule has 176 valence electrons. The Morgan fingerprint density at radius 2 is 1.73 bits per heavy atom. The van der Waals surface area contributed by atoms with Crippen LogP contribution in [0.2, 0.25) is 0 Å². The molecule has 2 aromatic rings. The predicted molar refractivity (Wildman–Crippen MR) is 135 cm³/mol. The second kappa shape index (κ2) is 13.0. The number of unbranched alkanes of at least 4 members (excludes halogenated alkanes) is 2. The minimum atomic E-state index is -0.137. The summed E-state index contributed by atoms with van der Waals surface area (Å²) in [4.78, 5) is 35.8. The van der Waals surface area contributed by atoms with Crippen LogP contribution in [0.5, 0.6) is 0 Å². The molecule has 0 radical (unpaired) electrons. The Balaban J connectivity index is 1.48. The van der Waals surface area contributed by atoms with Crippen molar-refractivity contribution in [3.05, 3.63) is 48.5 Å². The van der Waals surface area contributed by atoms with E-state index in [1.807, 2.05) is 48.5 Å². The van der Waals surface area contributed by atoms with Gasteiger partial charge in [0.2, 0.25) is 17.7 Å². The number of nitrogens with one attached hydrogen (secondary N) is 4. The Hall–Kier alpha value is -2.84. The van der Waals surface area contributed by atoms with Gasteiger partial charge in [-0.25, -0.2) is 0 Å². The maximum atomic E-state index is 12.5. The van der Waals surface area contributed by atoms with Crippen LogP contribution in [0.4, 0.5) is 11.4 Å². The maximum Gasteiger partial charge on any atom is 0.241 e. The fourth-order valence-electron chi connectivity index (χ4n) is 3.80. The quantitative estimate of drug-likeness (QED) is 0.257. The topological polar surface area (TPSA) is 99.3 Å². The first-order chi connectivity index (χ1) is 16.1. The van der Waals surface area contributed by atoms with Crippen molar-refractivity contribution in [3.8, 4) is 11.1 Å². The lowest BCUT2D eigenvalue weighted by atomic mass is 10.0. The first kappa shape index (κ1) is 24.8. The van der Waals surface area contributed by atoms with E-state index in [0.717, 1.165) is 61.2 Å². The number of carbonyl (C=O) groups is 3. The van der Waals surface area contributed by atoms with Gasteiger partial charge in [-0.05, 0) is 56.0 Å². The van der Waals surface area contributed by atoms with Gasteiger partial charge in [0.15, 0.2) is 0 Å². The fraction of sp³-hybridized carbons (Fsp3) is 0.400. The number of amides is 3. The van der Waals surface area contributed by atoms with Crippen LogP contribution in [0.25, 0.3) is 11.1 Å². The van der Waals surface area contributed by atoms with Gasteiger partial charge in [0.1, 0.15) is 0 Å². The Morgan fingerprint density at radius 1 is 0.939 bits per heavy atom. The van der Waals surface area contributed by atoms with E-state index < -0.39 is 0 Å². The van der Waals surface area contributed by atoms with E-state index in [-0.39, 0.29) is 29.5 Å². The van der Waals surface area contributed by atoms with E-state index in [1.54, 1.807) is 0 Å². The molecule has 3 amide bonds. The van der Waals surface area contributed by atoms with Crippen molar-refractivity contribution < 1.29 is 14.4 Å². The van der Waals surface area contributed by atoms with Crippen LogP contribution in [-0.2, 0) is 14.4 Å². The van der Waals surface area contributed by atoms with Crippen LogP contribution >= 0.6 is 12.6 Å². The summed E-state index contributed by atoms with van der Waals surface area (Å²) in [5.41, 5.74) is 3.42. The van der Waals surface area contributed by atoms with Gasteiger partial charge in [-0.3, -0.25) is 14.4 Å². The molecule has 8 heteroatoms. The predicted octanol–water partition coefficient (Wildman–Crippen LogP) is 3.59. The third-order valence-electron chi connectivity index (χ3n) is 5.59. The van der Waals surface area contributed by atoms with Crippen LogP contribution in [0.15, 0.2) is 48.5 Å². The maximum absolute atomic E-state index is 12.5. The summed E-state index contributed by atoms with van der Waals surface area (Å²) in [6.07, 6.45) is 4.79. The molecule has 1 saturated heterocycles. The standard InChI is InChI=1S/C25H32N4O3S/c30-23(10-2-1-5-15-27-24(31)17-33)28-19-13-11-18(12-14-19)20-7-3-4-8-21(20)29-25(32)22-9-6-16-26-22/h3-4,7-8,11-14,22,26,33H,1-2,5-6,9-10,15-17H2,(H,27,31)(H,28,30)(H,29,32)/t22-/m0/s1. The van der Waals surface area contributed by atoms with Crippen LogP contribution < -0.4 is 21.3 Å².